The molecule has 4 atom stereocenters. The second-order valence-corrected chi connectivity index (χ2v) is 11.5. The van der Waals surface area contributed by atoms with Crippen LogP contribution in [0.25, 0.3) is 5.70 Å². The molecule has 1 saturated heterocycles. The van der Waals surface area contributed by atoms with Gasteiger partial charge in [-0.15, -0.1) is 0 Å². The lowest BCUT2D eigenvalue weighted by molar-refractivity contribution is 0.169. The van der Waals surface area contributed by atoms with Gasteiger partial charge in [0.15, 0.2) is 0 Å². The number of likely N-dealkylation sites (N-methyl/N-ethyl adjacent to an activating group) is 1. The van der Waals surface area contributed by atoms with Crippen molar-refractivity contribution in [1.82, 2.24) is 14.7 Å². The van der Waals surface area contributed by atoms with E-state index in [9.17, 15) is 0 Å². The van der Waals surface area contributed by atoms with Crippen molar-refractivity contribution in [1.29, 1.82) is 0 Å². The molecule has 3 aliphatic rings. The standard InChI is InChI=1S/C36H49N3/c1-10-13-18-30(17-12-3)33-24-38(29(8)31-19-14-15-20-32(31)33)34-21-22-35-36(23-25(34)4)39(26(5)16-11-2)28(7)27(6)37(35)9/h10,13-15,18-23,25-26,28,33H,6,8,11-12,16-17,24H2,1-5,7,9H3/b13-10-,30-18+. The first-order valence-electron chi connectivity index (χ1n) is 15.0. The summed E-state index contributed by atoms with van der Waals surface area (Å²) in [4.78, 5) is 7.40. The Morgan fingerprint density at radius 1 is 1.08 bits per heavy atom. The van der Waals surface area contributed by atoms with Gasteiger partial charge >= 0.3 is 0 Å². The number of benzene rings is 1. The number of allylic oxidation sites excluding steroid dienone is 6. The zero-order chi connectivity index (χ0) is 28.3. The van der Waals surface area contributed by atoms with E-state index in [4.69, 9.17) is 0 Å². The molecule has 0 N–H and O–H groups in total. The minimum atomic E-state index is 0.244. The first-order valence-corrected chi connectivity index (χ1v) is 15.0. The lowest BCUT2D eigenvalue weighted by Crippen LogP contribution is -2.49. The van der Waals surface area contributed by atoms with Crippen molar-refractivity contribution in [2.24, 2.45) is 5.92 Å². The van der Waals surface area contributed by atoms with Crippen molar-refractivity contribution in [2.75, 3.05) is 13.6 Å². The average molecular weight is 524 g/mol. The second kappa shape index (κ2) is 12.3. The van der Waals surface area contributed by atoms with Crippen LogP contribution in [0.4, 0.5) is 0 Å². The molecular weight excluding hydrogens is 474 g/mol. The summed E-state index contributed by atoms with van der Waals surface area (Å²) in [5.74, 6) is 0.583. The van der Waals surface area contributed by atoms with E-state index in [0.717, 1.165) is 30.8 Å². The van der Waals surface area contributed by atoms with E-state index in [1.54, 1.807) is 0 Å². The Morgan fingerprint density at radius 2 is 1.82 bits per heavy atom. The predicted molar refractivity (Wildman–Crippen MR) is 169 cm³/mol. The zero-order valence-electron chi connectivity index (χ0n) is 25.4. The van der Waals surface area contributed by atoms with Crippen LogP contribution in [0.3, 0.4) is 0 Å². The van der Waals surface area contributed by atoms with Gasteiger partial charge in [0, 0.05) is 54.1 Å². The lowest BCUT2D eigenvalue weighted by atomic mass is 9.80. The monoisotopic (exact) mass is 523 g/mol. The van der Waals surface area contributed by atoms with E-state index in [1.165, 1.54) is 46.6 Å². The number of nitrogens with zero attached hydrogens (tertiary/aromatic N) is 3. The van der Waals surface area contributed by atoms with Crippen LogP contribution < -0.4 is 0 Å². The van der Waals surface area contributed by atoms with Crippen LogP contribution in [0.15, 0.2) is 102 Å². The van der Waals surface area contributed by atoms with E-state index < -0.39 is 0 Å². The molecule has 1 aliphatic carbocycles. The van der Waals surface area contributed by atoms with Gasteiger partial charge in [0.25, 0.3) is 0 Å². The van der Waals surface area contributed by atoms with Crippen molar-refractivity contribution >= 4 is 5.70 Å². The van der Waals surface area contributed by atoms with Crippen LogP contribution >= 0.6 is 0 Å². The SMILES string of the molecule is C=C1C(C)N(C(C)CCC)C2=CC(C)C(N3CC(/C(=C/C=C\C)CCC)c4ccccc4C3=C)=CC=C2N1C. The molecule has 39 heavy (non-hydrogen) atoms. The van der Waals surface area contributed by atoms with Gasteiger partial charge in [-0.25, -0.2) is 0 Å². The zero-order valence-corrected chi connectivity index (χ0v) is 25.4. The molecule has 1 aromatic carbocycles. The number of piperazine rings is 1. The van der Waals surface area contributed by atoms with Crippen molar-refractivity contribution < 1.29 is 0 Å². The number of hydrogen-bond donors (Lipinski definition) is 0. The summed E-state index contributed by atoms with van der Waals surface area (Å²) in [6, 6.07) is 9.61. The quantitative estimate of drug-likeness (QED) is 0.315. The Balaban J connectivity index is 1.79. The van der Waals surface area contributed by atoms with Crippen LogP contribution in [-0.2, 0) is 0 Å². The molecule has 0 radical (unpaired) electrons. The maximum absolute atomic E-state index is 4.65. The fourth-order valence-corrected chi connectivity index (χ4v) is 6.69. The Kier molecular flexibility index (Phi) is 9.10. The third kappa shape index (κ3) is 5.46. The van der Waals surface area contributed by atoms with E-state index in [2.05, 4.69) is 137 Å². The van der Waals surface area contributed by atoms with E-state index in [-0.39, 0.29) is 12.0 Å². The molecular formula is C36H49N3. The molecule has 0 saturated carbocycles. The molecule has 3 nitrogen and oxygen atoms in total. The van der Waals surface area contributed by atoms with Gasteiger partial charge in [0.05, 0.1) is 17.4 Å². The molecule has 2 heterocycles. The first kappa shape index (κ1) is 28.8. The minimum absolute atomic E-state index is 0.244. The summed E-state index contributed by atoms with van der Waals surface area (Å²) in [7, 11) is 2.17. The highest BCUT2D eigenvalue weighted by Crippen LogP contribution is 2.44. The number of rotatable bonds is 8. The van der Waals surface area contributed by atoms with Crippen molar-refractivity contribution in [2.45, 2.75) is 85.2 Å². The maximum Gasteiger partial charge on any atom is 0.0663 e. The Hall–Kier alpha value is -3.20. The summed E-state index contributed by atoms with van der Waals surface area (Å²) in [6.07, 6.45) is 18.4. The maximum atomic E-state index is 4.65. The van der Waals surface area contributed by atoms with Crippen LogP contribution in [-0.4, -0.2) is 40.4 Å². The summed E-state index contributed by atoms with van der Waals surface area (Å²) in [5.41, 5.74) is 10.3. The average Bonchev–Trinajstić information content (AvgIpc) is 3.09. The largest absolute Gasteiger partial charge is 0.359 e. The molecule has 4 unspecified atom stereocenters. The van der Waals surface area contributed by atoms with Gasteiger partial charge in [0.2, 0.25) is 0 Å². The van der Waals surface area contributed by atoms with Gasteiger partial charge in [-0.2, -0.15) is 0 Å². The van der Waals surface area contributed by atoms with Crippen molar-refractivity contribution in [3.8, 4) is 0 Å². The molecule has 0 bridgehead atoms. The molecule has 3 heteroatoms. The first-order chi connectivity index (χ1) is 18.7. The van der Waals surface area contributed by atoms with Gasteiger partial charge in [-0.1, -0.05) is 101 Å². The highest BCUT2D eigenvalue weighted by molar-refractivity contribution is 5.70. The molecule has 0 spiro atoms. The Morgan fingerprint density at radius 3 is 2.51 bits per heavy atom. The predicted octanol–water partition coefficient (Wildman–Crippen LogP) is 9.00. The van der Waals surface area contributed by atoms with Crippen LogP contribution in [0.2, 0.25) is 0 Å². The molecule has 1 fully saturated rings. The number of fused-ring (bicyclic) bond motifs is 2. The molecule has 1 aromatic rings. The van der Waals surface area contributed by atoms with Crippen LogP contribution in [0.1, 0.15) is 84.3 Å². The number of hydrogen-bond acceptors (Lipinski definition) is 3. The summed E-state index contributed by atoms with van der Waals surface area (Å²) in [6.45, 7) is 23.7. The van der Waals surface area contributed by atoms with Crippen LogP contribution in [0.5, 0.6) is 0 Å². The highest BCUT2D eigenvalue weighted by atomic mass is 15.3. The smallest absolute Gasteiger partial charge is 0.0663 e. The Labute approximate surface area is 238 Å². The normalized spacial score (nSPS) is 24.7. The molecule has 0 aromatic heterocycles. The van der Waals surface area contributed by atoms with Crippen LogP contribution in [0, 0.1) is 5.92 Å². The molecule has 4 rings (SSSR count). The third-order valence-electron chi connectivity index (χ3n) is 8.84. The second-order valence-electron chi connectivity index (χ2n) is 11.5. The van der Waals surface area contributed by atoms with Gasteiger partial charge in [-0.05, 0) is 51.3 Å². The van der Waals surface area contributed by atoms with E-state index in [0.29, 0.717) is 12.0 Å². The van der Waals surface area contributed by atoms with E-state index in [1.807, 2.05) is 0 Å². The van der Waals surface area contributed by atoms with Crippen molar-refractivity contribution in [3.05, 3.63) is 113 Å². The Bertz CT molecular complexity index is 1240. The molecule has 0 amide bonds. The summed E-state index contributed by atoms with van der Waals surface area (Å²) >= 11 is 0. The summed E-state index contributed by atoms with van der Waals surface area (Å²) in [5, 5.41) is 0. The van der Waals surface area contributed by atoms with Crippen molar-refractivity contribution in [3.63, 3.8) is 0 Å². The van der Waals surface area contributed by atoms with Gasteiger partial charge in [0.1, 0.15) is 0 Å². The van der Waals surface area contributed by atoms with Gasteiger partial charge in [-0.3, -0.25) is 0 Å². The molecule has 208 valence electrons. The topological polar surface area (TPSA) is 9.72 Å². The molecule has 2 aliphatic heterocycles. The van der Waals surface area contributed by atoms with Gasteiger partial charge < -0.3 is 14.7 Å². The highest BCUT2D eigenvalue weighted by Gasteiger charge is 2.37. The van der Waals surface area contributed by atoms with E-state index >= 15 is 0 Å². The fraction of sp³-hybridized carbons (Fsp3) is 0.444. The fourth-order valence-electron chi connectivity index (χ4n) is 6.69. The lowest BCUT2D eigenvalue weighted by Gasteiger charge is -2.48. The minimum Gasteiger partial charge on any atom is -0.359 e. The summed E-state index contributed by atoms with van der Waals surface area (Å²) < 4.78 is 0. The third-order valence-corrected chi connectivity index (χ3v) is 8.84.